The maximum absolute atomic E-state index is 12.6. The van der Waals surface area contributed by atoms with E-state index in [1.807, 2.05) is 6.07 Å². The minimum Gasteiger partial charge on any atom is -0.490 e. The van der Waals surface area contributed by atoms with Gasteiger partial charge in [0.25, 0.3) is 0 Å². The van der Waals surface area contributed by atoms with Gasteiger partial charge < -0.3 is 34.3 Å². The predicted octanol–water partition coefficient (Wildman–Crippen LogP) is 2.81. The largest absolute Gasteiger partial charge is 0.490 e. The molecule has 1 aliphatic carbocycles. The number of methoxy groups -OCH3 is 1. The predicted molar refractivity (Wildman–Crippen MR) is 122 cm³/mol. The van der Waals surface area contributed by atoms with Crippen LogP contribution in [-0.4, -0.2) is 53.1 Å². The zero-order valence-electron chi connectivity index (χ0n) is 19.9. The average molecular weight is 475 g/mol. The first-order valence-corrected chi connectivity index (χ1v) is 10.9. The van der Waals surface area contributed by atoms with E-state index in [0.29, 0.717) is 24.0 Å². The second kappa shape index (κ2) is 9.61. The third-order valence-electron chi connectivity index (χ3n) is 5.37. The van der Waals surface area contributed by atoms with Crippen LogP contribution in [0.1, 0.15) is 50.0 Å². The van der Waals surface area contributed by atoms with Gasteiger partial charge in [-0.15, -0.1) is 0 Å². The Morgan fingerprint density at radius 3 is 2.29 bits per heavy atom. The lowest BCUT2D eigenvalue weighted by atomic mass is 9.94. The van der Waals surface area contributed by atoms with Crippen LogP contribution >= 0.6 is 0 Å². The molecule has 0 aliphatic heterocycles. The molecule has 0 atom stereocenters. The Labute approximate surface area is 197 Å². The molecule has 3 rings (SSSR count). The zero-order valence-corrected chi connectivity index (χ0v) is 19.9. The van der Waals surface area contributed by atoms with Crippen molar-refractivity contribution in [3.8, 4) is 28.4 Å². The van der Waals surface area contributed by atoms with Gasteiger partial charge in [-0.25, -0.2) is 0 Å². The Hall–Kier alpha value is -3.14. The Balaban J connectivity index is 2.10. The number of rotatable bonds is 9. The van der Waals surface area contributed by atoms with Crippen molar-refractivity contribution in [3.05, 3.63) is 41.5 Å². The highest BCUT2D eigenvalue weighted by molar-refractivity contribution is 6.02. The highest BCUT2D eigenvalue weighted by Crippen LogP contribution is 2.47. The highest BCUT2D eigenvalue weighted by Gasteiger charge is 2.34. The molecule has 0 fully saturated rings. The number of hydrogen-bond donors (Lipinski definition) is 3. The van der Waals surface area contributed by atoms with Gasteiger partial charge in [-0.3, -0.25) is 9.59 Å². The highest BCUT2D eigenvalue weighted by atomic mass is 16.9. The van der Waals surface area contributed by atoms with Crippen molar-refractivity contribution in [2.45, 2.75) is 52.8 Å². The van der Waals surface area contributed by atoms with E-state index in [4.69, 9.17) is 18.9 Å². The third-order valence-corrected chi connectivity index (χ3v) is 5.37. The van der Waals surface area contributed by atoms with Crippen molar-refractivity contribution in [1.82, 2.24) is 0 Å². The summed E-state index contributed by atoms with van der Waals surface area (Å²) in [5, 5.41) is 28.0. The second-order valence-electron chi connectivity index (χ2n) is 9.03. The first-order valence-electron chi connectivity index (χ1n) is 10.9. The Morgan fingerprint density at radius 1 is 1.00 bits per heavy atom. The number of hydrogen-bond acceptors (Lipinski definition) is 9. The van der Waals surface area contributed by atoms with Crippen molar-refractivity contribution in [2.24, 2.45) is 5.41 Å². The molecule has 0 bridgehead atoms. The molecule has 3 N–H and O–H groups in total. The summed E-state index contributed by atoms with van der Waals surface area (Å²) >= 11 is 0. The van der Waals surface area contributed by atoms with Crippen LogP contribution in [-0.2, 0) is 16.0 Å². The van der Waals surface area contributed by atoms with E-state index in [1.165, 1.54) is 13.2 Å². The van der Waals surface area contributed by atoms with Crippen molar-refractivity contribution in [2.75, 3.05) is 13.7 Å². The molecule has 2 aromatic carbocycles. The lowest BCUT2D eigenvalue weighted by molar-refractivity contribution is -0.419. The summed E-state index contributed by atoms with van der Waals surface area (Å²) in [5.74, 6) is -0.507. The molecule has 0 unspecified atom stereocenters. The molecule has 0 saturated heterocycles. The molecule has 0 aromatic heterocycles. The van der Waals surface area contributed by atoms with E-state index in [-0.39, 0.29) is 35.7 Å². The van der Waals surface area contributed by atoms with Crippen LogP contribution < -0.4 is 14.2 Å². The van der Waals surface area contributed by atoms with Crippen LogP contribution in [0.3, 0.4) is 0 Å². The molecular weight excluding hydrogens is 444 g/mol. The fraction of sp³-hybridized carbons (Fsp3) is 0.440. The number of carbonyl (C=O) groups excluding carboxylic acids is 2. The van der Waals surface area contributed by atoms with E-state index in [2.05, 4.69) is 0 Å². The van der Waals surface area contributed by atoms with Crippen molar-refractivity contribution in [3.63, 3.8) is 0 Å². The molecule has 2 aromatic rings. The minimum absolute atomic E-state index is 0.0334. The Kier molecular flexibility index (Phi) is 7.21. The molecular formula is C25H30O9. The summed E-state index contributed by atoms with van der Waals surface area (Å²) < 4.78 is 21.7. The maximum atomic E-state index is 12.6. The molecule has 34 heavy (non-hydrogen) atoms. The van der Waals surface area contributed by atoms with Gasteiger partial charge in [0.1, 0.15) is 6.61 Å². The van der Waals surface area contributed by atoms with Gasteiger partial charge in [0.2, 0.25) is 5.75 Å². The molecule has 184 valence electrons. The van der Waals surface area contributed by atoms with E-state index in [1.54, 1.807) is 45.9 Å². The van der Waals surface area contributed by atoms with Crippen molar-refractivity contribution >= 4 is 11.8 Å². The Morgan fingerprint density at radius 2 is 1.68 bits per heavy atom. The van der Waals surface area contributed by atoms with Gasteiger partial charge in [-0.1, -0.05) is 18.2 Å². The number of ketones is 1. The molecule has 9 nitrogen and oxygen atoms in total. The smallest absolute Gasteiger partial charge is 0.453 e. The normalized spacial score (nSPS) is 13.6. The van der Waals surface area contributed by atoms with Gasteiger partial charge in [-0.2, -0.15) is 0 Å². The molecule has 0 amide bonds. The number of esters is 1. The van der Waals surface area contributed by atoms with E-state index >= 15 is 0 Å². The number of carbonyl (C=O) groups is 2. The fourth-order valence-corrected chi connectivity index (χ4v) is 3.75. The average Bonchev–Trinajstić information content (AvgIpc) is 3.12. The topological polar surface area (TPSA) is 132 Å². The van der Waals surface area contributed by atoms with Gasteiger partial charge in [0, 0.05) is 17.5 Å². The fourth-order valence-electron chi connectivity index (χ4n) is 3.75. The van der Waals surface area contributed by atoms with E-state index < -0.39 is 17.5 Å². The van der Waals surface area contributed by atoms with Crippen LogP contribution in [0, 0.1) is 5.41 Å². The van der Waals surface area contributed by atoms with E-state index in [0.717, 1.165) is 11.1 Å². The van der Waals surface area contributed by atoms with Crippen LogP contribution in [0.2, 0.25) is 0 Å². The Bertz CT molecular complexity index is 1080. The quantitative estimate of drug-likeness (QED) is 0.371. The van der Waals surface area contributed by atoms with Crippen LogP contribution in [0.25, 0.3) is 11.1 Å². The van der Waals surface area contributed by atoms with Gasteiger partial charge >= 0.3 is 12.1 Å². The monoisotopic (exact) mass is 474 g/mol. The number of fused-ring (bicyclic) bond motifs is 1. The van der Waals surface area contributed by atoms with Gasteiger partial charge in [0.15, 0.2) is 17.3 Å². The summed E-state index contributed by atoms with van der Waals surface area (Å²) in [7, 11) is 1.32. The number of Topliss-reactive ketones (excluding diaryl/α,β-unsaturated/α-hetero) is 1. The molecule has 0 heterocycles. The summed E-state index contributed by atoms with van der Waals surface area (Å²) in [4.78, 5) is 24.8. The summed E-state index contributed by atoms with van der Waals surface area (Å²) in [6, 6.07) is 8.35. The molecule has 1 aliphatic rings. The second-order valence-corrected chi connectivity index (χ2v) is 9.03. The minimum atomic E-state index is -3.45. The summed E-state index contributed by atoms with van der Waals surface area (Å²) in [6.07, 6.45) is -2.79. The third kappa shape index (κ3) is 5.49. The maximum Gasteiger partial charge on any atom is 0.453 e. The van der Waals surface area contributed by atoms with Gasteiger partial charge in [0.05, 0.1) is 18.6 Å². The molecule has 0 radical (unpaired) electrons. The molecule has 0 spiro atoms. The lowest BCUT2D eigenvalue weighted by Crippen LogP contribution is -2.35. The van der Waals surface area contributed by atoms with Crippen LogP contribution in [0.5, 0.6) is 17.2 Å². The molecule has 0 saturated carbocycles. The van der Waals surface area contributed by atoms with E-state index in [9.17, 15) is 24.9 Å². The van der Waals surface area contributed by atoms with Crippen molar-refractivity contribution in [1.29, 1.82) is 0 Å². The molecule has 9 heteroatoms. The number of ether oxygens (including phenoxy) is 4. The number of benzene rings is 2. The summed E-state index contributed by atoms with van der Waals surface area (Å²) in [6.45, 7) is 6.73. The SMILES string of the molecule is COc1c(OC(O)(O)O)ccc(-c2cccc3c2CCC3=O)c1OCC(C)(C)C(=O)OC(C)C. The standard InChI is InChI=1S/C25H30O9/c1-14(2)33-23(27)24(3,4)13-32-21-18(10-12-20(22(21)31-5)34-25(28,29)30)15-7-6-8-17-16(15)9-11-19(17)26/h6-8,10,12,14,28-30H,9,11,13H2,1-5H3. The van der Waals surface area contributed by atoms with Crippen LogP contribution in [0.15, 0.2) is 30.3 Å². The zero-order chi connectivity index (χ0) is 25.3. The van der Waals surface area contributed by atoms with Crippen molar-refractivity contribution < 1.29 is 43.9 Å². The first kappa shape index (κ1) is 25.5. The number of aliphatic hydroxyl groups is 3. The van der Waals surface area contributed by atoms with Gasteiger partial charge in [-0.05, 0) is 57.4 Å². The summed E-state index contributed by atoms with van der Waals surface area (Å²) in [5.41, 5.74) is 1.72. The first-order chi connectivity index (χ1) is 15.8. The van der Waals surface area contributed by atoms with Crippen LogP contribution in [0.4, 0.5) is 0 Å². The lowest BCUT2D eigenvalue weighted by Gasteiger charge is -2.26.